The summed E-state index contributed by atoms with van der Waals surface area (Å²) in [7, 11) is 0. The highest BCUT2D eigenvalue weighted by Crippen LogP contribution is 2.28. The summed E-state index contributed by atoms with van der Waals surface area (Å²) in [4.78, 5) is 24.7. The van der Waals surface area contributed by atoms with Crippen molar-refractivity contribution in [1.82, 2.24) is 14.9 Å². The Morgan fingerprint density at radius 1 is 1.19 bits per heavy atom. The van der Waals surface area contributed by atoms with Crippen LogP contribution in [0.5, 0.6) is 0 Å². The maximum atomic E-state index is 12.4. The molecule has 1 aromatic carbocycles. The zero-order chi connectivity index (χ0) is 18.2. The predicted octanol–water partition coefficient (Wildman–Crippen LogP) is 2.66. The first kappa shape index (κ1) is 16.8. The third kappa shape index (κ3) is 3.21. The molecule has 2 N–H and O–H groups in total. The number of fused-ring (bicyclic) bond motifs is 3. The fraction of sp³-hybridized carbons (Fsp3) is 0.400. The SMILES string of the molecule is O=c1[nH]c2cc(CN3CCN(c4nccs4)CC3)ccc2c2c1CCCN2. The van der Waals surface area contributed by atoms with Crippen LogP contribution in [0.4, 0.5) is 10.8 Å². The number of nitrogens with one attached hydrogen (secondary N) is 2. The van der Waals surface area contributed by atoms with E-state index in [0.29, 0.717) is 0 Å². The molecule has 0 spiro atoms. The molecular weight excluding hydrogens is 358 g/mol. The molecule has 6 nitrogen and oxygen atoms in total. The molecule has 0 radical (unpaired) electrons. The van der Waals surface area contributed by atoms with Gasteiger partial charge in [-0.25, -0.2) is 4.98 Å². The quantitative estimate of drug-likeness (QED) is 0.730. The van der Waals surface area contributed by atoms with Gasteiger partial charge in [-0.3, -0.25) is 9.69 Å². The molecule has 0 unspecified atom stereocenters. The molecule has 2 aromatic heterocycles. The molecule has 2 aliphatic rings. The van der Waals surface area contributed by atoms with Crippen LogP contribution in [0.15, 0.2) is 34.6 Å². The van der Waals surface area contributed by atoms with Gasteiger partial charge in [0.2, 0.25) is 0 Å². The number of H-pyrrole nitrogens is 1. The van der Waals surface area contributed by atoms with Crippen LogP contribution in [0, 0.1) is 0 Å². The lowest BCUT2D eigenvalue weighted by molar-refractivity contribution is 0.250. The Labute approximate surface area is 161 Å². The normalized spacial score (nSPS) is 17.7. The third-order valence-corrected chi connectivity index (χ3v) is 6.38. The number of aromatic amines is 1. The van der Waals surface area contributed by atoms with Gasteiger partial charge in [-0.2, -0.15) is 0 Å². The number of benzene rings is 1. The average Bonchev–Trinajstić information content (AvgIpc) is 3.23. The Hall–Kier alpha value is -2.38. The fourth-order valence-electron chi connectivity index (χ4n) is 4.13. The molecular formula is C20H23N5OS. The summed E-state index contributed by atoms with van der Waals surface area (Å²) < 4.78 is 0. The van der Waals surface area contributed by atoms with Crippen molar-refractivity contribution in [1.29, 1.82) is 0 Å². The lowest BCUT2D eigenvalue weighted by Crippen LogP contribution is -2.45. The minimum atomic E-state index is 0.0545. The number of nitrogens with zero attached hydrogens (tertiary/aromatic N) is 3. The van der Waals surface area contributed by atoms with E-state index < -0.39 is 0 Å². The van der Waals surface area contributed by atoms with Crippen LogP contribution < -0.4 is 15.8 Å². The van der Waals surface area contributed by atoms with Gasteiger partial charge in [0, 0.05) is 61.8 Å². The second kappa shape index (κ2) is 6.98. The standard InChI is InChI=1S/C20H23N5OS/c26-19-16-2-1-5-21-18(16)15-4-3-14(12-17(15)23-19)13-24-7-9-25(10-8-24)20-22-6-11-27-20/h3-4,6,11-12,21H,1-2,5,7-10,13H2,(H,23,26). The van der Waals surface area contributed by atoms with Crippen LogP contribution in [-0.4, -0.2) is 47.6 Å². The molecule has 0 aliphatic carbocycles. The van der Waals surface area contributed by atoms with Gasteiger partial charge in [-0.05, 0) is 24.5 Å². The number of thiazole rings is 1. The first-order valence-corrected chi connectivity index (χ1v) is 10.4. The highest BCUT2D eigenvalue weighted by Gasteiger charge is 2.20. The molecule has 27 heavy (non-hydrogen) atoms. The molecule has 140 valence electrons. The zero-order valence-corrected chi connectivity index (χ0v) is 16.0. The summed E-state index contributed by atoms with van der Waals surface area (Å²) in [6.07, 6.45) is 3.75. The fourth-order valence-corrected chi connectivity index (χ4v) is 4.83. The number of hydrogen-bond acceptors (Lipinski definition) is 6. The van der Waals surface area contributed by atoms with Crippen molar-refractivity contribution in [2.24, 2.45) is 0 Å². The van der Waals surface area contributed by atoms with Crippen LogP contribution in [-0.2, 0) is 13.0 Å². The summed E-state index contributed by atoms with van der Waals surface area (Å²) in [5.74, 6) is 0. The van der Waals surface area contributed by atoms with Crippen molar-refractivity contribution in [3.8, 4) is 0 Å². The van der Waals surface area contributed by atoms with Crippen molar-refractivity contribution < 1.29 is 0 Å². The minimum Gasteiger partial charge on any atom is -0.384 e. The van der Waals surface area contributed by atoms with Gasteiger partial charge in [0.25, 0.3) is 5.56 Å². The van der Waals surface area contributed by atoms with Crippen LogP contribution in [0.1, 0.15) is 17.5 Å². The monoisotopic (exact) mass is 381 g/mol. The van der Waals surface area contributed by atoms with Crippen LogP contribution in [0.2, 0.25) is 0 Å². The highest BCUT2D eigenvalue weighted by atomic mass is 32.1. The largest absolute Gasteiger partial charge is 0.384 e. The Morgan fingerprint density at radius 3 is 2.89 bits per heavy atom. The van der Waals surface area contributed by atoms with E-state index in [9.17, 15) is 4.79 Å². The second-order valence-corrected chi connectivity index (χ2v) is 8.17. The van der Waals surface area contributed by atoms with E-state index in [1.54, 1.807) is 11.3 Å². The van der Waals surface area contributed by atoms with Gasteiger partial charge in [-0.1, -0.05) is 12.1 Å². The Balaban J connectivity index is 1.33. The molecule has 0 amide bonds. The molecule has 3 aromatic rings. The molecule has 4 heterocycles. The summed E-state index contributed by atoms with van der Waals surface area (Å²) in [6, 6.07) is 6.49. The predicted molar refractivity (Wildman–Crippen MR) is 111 cm³/mol. The molecule has 5 rings (SSSR count). The lowest BCUT2D eigenvalue weighted by Gasteiger charge is -2.34. The van der Waals surface area contributed by atoms with Crippen molar-refractivity contribution >= 4 is 33.1 Å². The molecule has 0 bridgehead atoms. The van der Waals surface area contributed by atoms with Gasteiger partial charge in [-0.15, -0.1) is 11.3 Å². The van der Waals surface area contributed by atoms with Crippen molar-refractivity contribution in [2.75, 3.05) is 42.9 Å². The van der Waals surface area contributed by atoms with Gasteiger partial charge < -0.3 is 15.2 Å². The number of pyridine rings is 1. The van der Waals surface area contributed by atoms with E-state index in [-0.39, 0.29) is 5.56 Å². The summed E-state index contributed by atoms with van der Waals surface area (Å²) in [6.45, 7) is 5.93. The van der Waals surface area contributed by atoms with Gasteiger partial charge in [0.05, 0.1) is 11.2 Å². The van der Waals surface area contributed by atoms with Crippen molar-refractivity contribution in [3.63, 3.8) is 0 Å². The van der Waals surface area contributed by atoms with E-state index in [2.05, 4.69) is 43.3 Å². The smallest absolute Gasteiger partial charge is 0.253 e. The first-order valence-electron chi connectivity index (χ1n) is 9.56. The van der Waals surface area contributed by atoms with E-state index in [0.717, 1.165) is 79.4 Å². The maximum Gasteiger partial charge on any atom is 0.253 e. The third-order valence-electron chi connectivity index (χ3n) is 5.55. The van der Waals surface area contributed by atoms with Gasteiger partial charge in [0.1, 0.15) is 0 Å². The Bertz CT molecular complexity index is 1010. The summed E-state index contributed by atoms with van der Waals surface area (Å²) >= 11 is 1.71. The minimum absolute atomic E-state index is 0.0545. The second-order valence-electron chi connectivity index (χ2n) is 7.30. The van der Waals surface area contributed by atoms with Gasteiger partial charge in [0.15, 0.2) is 5.13 Å². The summed E-state index contributed by atoms with van der Waals surface area (Å²) in [5.41, 5.74) is 4.17. The van der Waals surface area contributed by atoms with Crippen molar-refractivity contribution in [2.45, 2.75) is 19.4 Å². The number of anilines is 2. The number of rotatable bonds is 3. The lowest BCUT2D eigenvalue weighted by atomic mass is 10.0. The van der Waals surface area contributed by atoms with Gasteiger partial charge >= 0.3 is 0 Å². The molecule has 1 fully saturated rings. The van der Waals surface area contributed by atoms with Crippen molar-refractivity contribution in [3.05, 3.63) is 51.3 Å². The van der Waals surface area contributed by atoms with Crippen LogP contribution in [0.25, 0.3) is 10.9 Å². The van der Waals surface area contributed by atoms with Crippen LogP contribution in [0.3, 0.4) is 0 Å². The van der Waals surface area contributed by atoms with E-state index in [4.69, 9.17) is 0 Å². The first-order chi connectivity index (χ1) is 13.3. The topological polar surface area (TPSA) is 64.3 Å². The van der Waals surface area contributed by atoms with E-state index in [1.165, 1.54) is 5.56 Å². The molecule has 1 saturated heterocycles. The zero-order valence-electron chi connectivity index (χ0n) is 15.2. The highest BCUT2D eigenvalue weighted by molar-refractivity contribution is 7.13. The molecule has 7 heteroatoms. The average molecular weight is 382 g/mol. The van der Waals surface area contributed by atoms with E-state index >= 15 is 0 Å². The Morgan fingerprint density at radius 2 is 2.07 bits per heavy atom. The van der Waals surface area contributed by atoms with Crippen LogP contribution >= 0.6 is 11.3 Å². The molecule has 0 saturated carbocycles. The summed E-state index contributed by atoms with van der Waals surface area (Å²) in [5, 5.41) is 7.70. The number of hydrogen-bond donors (Lipinski definition) is 2. The molecule has 0 atom stereocenters. The number of aromatic nitrogens is 2. The maximum absolute atomic E-state index is 12.4. The van der Waals surface area contributed by atoms with E-state index in [1.807, 2.05) is 11.6 Å². The Kier molecular flexibility index (Phi) is 4.33. The molecule has 2 aliphatic heterocycles. The number of piperazine rings is 1.